The van der Waals surface area contributed by atoms with E-state index < -0.39 is 0 Å². The van der Waals surface area contributed by atoms with Crippen molar-refractivity contribution >= 4 is 0 Å². The molecule has 104 valence electrons. The topological polar surface area (TPSA) is 12.0 Å². The molecule has 0 saturated heterocycles. The van der Waals surface area contributed by atoms with Gasteiger partial charge in [0.25, 0.3) is 0 Å². The van der Waals surface area contributed by atoms with Crippen molar-refractivity contribution in [1.29, 1.82) is 0 Å². The predicted molar refractivity (Wildman–Crippen MR) is 81.4 cm³/mol. The third-order valence-corrected chi connectivity index (χ3v) is 5.10. The first kappa shape index (κ1) is 13.2. The molecular formula is C18H27N. The molecule has 19 heavy (non-hydrogen) atoms. The Morgan fingerprint density at radius 2 is 1.63 bits per heavy atom. The smallest absolute Gasteiger partial charge is 0.0151 e. The van der Waals surface area contributed by atoms with Crippen molar-refractivity contribution in [3.8, 4) is 0 Å². The van der Waals surface area contributed by atoms with Gasteiger partial charge in [-0.2, -0.15) is 0 Å². The molecule has 1 N–H and O–H groups in total. The molecule has 0 bridgehead atoms. The predicted octanol–water partition coefficient (Wildman–Crippen LogP) is 4.10. The van der Waals surface area contributed by atoms with Crippen LogP contribution in [-0.2, 0) is 12.8 Å². The lowest BCUT2D eigenvalue weighted by Crippen LogP contribution is -2.38. The van der Waals surface area contributed by atoms with E-state index in [9.17, 15) is 0 Å². The Balaban J connectivity index is 1.56. The number of hydrogen-bond acceptors (Lipinski definition) is 1. The molecule has 1 nitrogen and oxygen atoms in total. The molecule has 0 aromatic heterocycles. The molecule has 0 radical (unpaired) electrons. The summed E-state index contributed by atoms with van der Waals surface area (Å²) < 4.78 is 0. The summed E-state index contributed by atoms with van der Waals surface area (Å²) >= 11 is 0. The highest BCUT2D eigenvalue weighted by molar-refractivity contribution is 5.33. The first-order valence-corrected chi connectivity index (χ1v) is 7.95. The summed E-state index contributed by atoms with van der Waals surface area (Å²) in [6, 6.07) is 10.4. The van der Waals surface area contributed by atoms with Crippen molar-refractivity contribution < 1.29 is 0 Å². The summed E-state index contributed by atoms with van der Waals surface area (Å²) in [5.41, 5.74) is 3.69. The summed E-state index contributed by atoms with van der Waals surface area (Å²) in [6.07, 6.45) is 9.37. The summed E-state index contributed by atoms with van der Waals surface area (Å²) in [5, 5.41) is 3.94. The highest BCUT2D eigenvalue weighted by Crippen LogP contribution is 2.34. The first-order valence-electron chi connectivity index (χ1n) is 7.95. The van der Waals surface area contributed by atoms with E-state index in [2.05, 4.69) is 43.4 Å². The zero-order valence-electron chi connectivity index (χ0n) is 12.4. The fourth-order valence-corrected chi connectivity index (χ4v) is 3.84. The van der Waals surface area contributed by atoms with Crippen molar-refractivity contribution in [2.24, 2.45) is 5.41 Å². The molecule has 0 heterocycles. The number of benzene rings is 1. The zero-order valence-corrected chi connectivity index (χ0v) is 12.4. The third kappa shape index (κ3) is 3.20. The fourth-order valence-electron chi connectivity index (χ4n) is 3.84. The second kappa shape index (κ2) is 5.28. The number of rotatable bonds is 2. The Labute approximate surface area is 117 Å². The van der Waals surface area contributed by atoms with Gasteiger partial charge >= 0.3 is 0 Å². The van der Waals surface area contributed by atoms with Gasteiger partial charge in [0.15, 0.2) is 0 Å². The van der Waals surface area contributed by atoms with Crippen LogP contribution in [0.1, 0.15) is 57.1 Å². The molecule has 1 fully saturated rings. The average molecular weight is 257 g/mol. The maximum Gasteiger partial charge on any atom is 0.0151 e. The molecule has 3 rings (SSSR count). The van der Waals surface area contributed by atoms with Crippen molar-refractivity contribution in [2.45, 2.75) is 70.9 Å². The summed E-state index contributed by atoms with van der Waals surface area (Å²) in [6.45, 7) is 4.86. The normalized spacial score (nSPS) is 26.9. The number of nitrogens with one attached hydrogen (secondary N) is 1. The molecule has 1 unspecified atom stereocenters. The lowest BCUT2D eigenvalue weighted by atomic mass is 9.85. The van der Waals surface area contributed by atoms with Crippen LogP contribution < -0.4 is 5.32 Å². The molecule has 0 aliphatic heterocycles. The second-order valence-electron chi connectivity index (χ2n) is 7.33. The van der Waals surface area contributed by atoms with Gasteiger partial charge < -0.3 is 5.32 Å². The minimum atomic E-state index is 0.565. The van der Waals surface area contributed by atoms with Crippen LogP contribution >= 0.6 is 0 Å². The van der Waals surface area contributed by atoms with E-state index >= 15 is 0 Å². The van der Waals surface area contributed by atoms with Crippen LogP contribution in [0.4, 0.5) is 0 Å². The molecule has 1 atom stereocenters. The van der Waals surface area contributed by atoms with Crippen LogP contribution in [0.5, 0.6) is 0 Å². The minimum absolute atomic E-state index is 0.565. The average Bonchev–Trinajstić information content (AvgIpc) is 2.69. The van der Waals surface area contributed by atoms with Crippen LogP contribution in [-0.4, -0.2) is 12.1 Å². The number of fused-ring (bicyclic) bond motifs is 1. The lowest BCUT2D eigenvalue weighted by molar-refractivity contribution is 0.307. The van der Waals surface area contributed by atoms with Gasteiger partial charge in [-0.25, -0.2) is 0 Å². The van der Waals surface area contributed by atoms with Crippen molar-refractivity contribution in [3.05, 3.63) is 35.4 Å². The summed E-state index contributed by atoms with van der Waals surface area (Å²) in [7, 11) is 0. The van der Waals surface area contributed by atoms with Crippen LogP contribution in [0.25, 0.3) is 0 Å². The monoisotopic (exact) mass is 257 g/mol. The Morgan fingerprint density at radius 1 is 0.947 bits per heavy atom. The van der Waals surface area contributed by atoms with Crippen molar-refractivity contribution in [1.82, 2.24) is 5.32 Å². The van der Waals surface area contributed by atoms with E-state index in [4.69, 9.17) is 0 Å². The van der Waals surface area contributed by atoms with Gasteiger partial charge in [-0.3, -0.25) is 0 Å². The molecule has 1 aromatic rings. The van der Waals surface area contributed by atoms with Gasteiger partial charge in [0.05, 0.1) is 0 Å². The maximum atomic E-state index is 3.94. The van der Waals surface area contributed by atoms with E-state index in [1.165, 1.54) is 44.9 Å². The largest absolute Gasteiger partial charge is 0.311 e. The molecule has 0 amide bonds. The van der Waals surface area contributed by atoms with E-state index in [1.54, 1.807) is 11.1 Å². The molecular weight excluding hydrogens is 230 g/mol. The highest BCUT2D eigenvalue weighted by Gasteiger charge is 2.27. The first-order chi connectivity index (χ1) is 9.12. The van der Waals surface area contributed by atoms with Gasteiger partial charge in [0.1, 0.15) is 0 Å². The second-order valence-corrected chi connectivity index (χ2v) is 7.33. The van der Waals surface area contributed by atoms with Crippen molar-refractivity contribution in [2.75, 3.05) is 0 Å². The van der Waals surface area contributed by atoms with Crippen LogP contribution in [0.15, 0.2) is 24.3 Å². The lowest BCUT2D eigenvalue weighted by Gasteiger charge is -2.23. The number of hydrogen-bond donors (Lipinski definition) is 1. The fraction of sp³-hybridized carbons (Fsp3) is 0.667. The standard InChI is InChI=1S/C18H27N/c1-18(2)10-5-8-16(9-11-18)19-17-12-14-6-3-4-7-15(14)13-17/h3-4,6-7,16-17,19H,5,8-13H2,1-2H3. The van der Waals surface area contributed by atoms with E-state index in [1.807, 2.05) is 0 Å². The summed E-state index contributed by atoms with van der Waals surface area (Å²) in [4.78, 5) is 0. The minimum Gasteiger partial charge on any atom is -0.311 e. The van der Waals surface area contributed by atoms with E-state index in [0.717, 1.165) is 6.04 Å². The Morgan fingerprint density at radius 3 is 2.32 bits per heavy atom. The van der Waals surface area contributed by atoms with Crippen LogP contribution in [0.3, 0.4) is 0 Å². The van der Waals surface area contributed by atoms with Crippen molar-refractivity contribution in [3.63, 3.8) is 0 Å². The third-order valence-electron chi connectivity index (χ3n) is 5.10. The molecule has 2 aliphatic carbocycles. The molecule has 1 saturated carbocycles. The Hall–Kier alpha value is -0.820. The van der Waals surface area contributed by atoms with Crippen LogP contribution in [0, 0.1) is 5.41 Å². The SMILES string of the molecule is CC1(C)CCCC(NC2Cc3ccccc3C2)CC1. The maximum absolute atomic E-state index is 3.94. The Kier molecular flexibility index (Phi) is 3.66. The zero-order chi connectivity index (χ0) is 13.3. The van der Waals surface area contributed by atoms with Crippen LogP contribution in [0.2, 0.25) is 0 Å². The van der Waals surface area contributed by atoms with E-state index in [0.29, 0.717) is 11.5 Å². The molecule has 0 spiro atoms. The van der Waals surface area contributed by atoms with Gasteiger partial charge in [-0.15, -0.1) is 0 Å². The van der Waals surface area contributed by atoms with Gasteiger partial charge in [-0.1, -0.05) is 44.5 Å². The Bertz CT molecular complexity index is 410. The quantitative estimate of drug-likeness (QED) is 0.786. The summed E-state index contributed by atoms with van der Waals surface area (Å²) in [5.74, 6) is 0. The molecule has 2 aliphatic rings. The van der Waals surface area contributed by atoms with Gasteiger partial charge in [-0.05, 0) is 55.1 Å². The van der Waals surface area contributed by atoms with E-state index in [-0.39, 0.29) is 0 Å². The highest BCUT2D eigenvalue weighted by atomic mass is 15.0. The molecule has 1 heteroatoms. The molecule has 1 aromatic carbocycles. The van der Waals surface area contributed by atoms with Gasteiger partial charge in [0, 0.05) is 12.1 Å². The van der Waals surface area contributed by atoms with Gasteiger partial charge in [0.2, 0.25) is 0 Å².